The minimum Gasteiger partial charge on any atom is -0.481 e. The van der Waals surface area contributed by atoms with Gasteiger partial charge < -0.3 is 14.7 Å². The van der Waals surface area contributed by atoms with Crippen LogP contribution in [0.4, 0.5) is 4.39 Å². The molecule has 1 saturated heterocycles. The zero-order chi connectivity index (χ0) is 14.5. The van der Waals surface area contributed by atoms with E-state index in [1.165, 1.54) is 12.1 Å². The first kappa shape index (κ1) is 14.8. The highest BCUT2D eigenvalue weighted by Gasteiger charge is 2.27. The minimum atomic E-state index is -0.658. The van der Waals surface area contributed by atoms with Gasteiger partial charge in [0.05, 0.1) is 0 Å². The van der Waals surface area contributed by atoms with E-state index in [9.17, 15) is 14.3 Å². The van der Waals surface area contributed by atoms with Crippen LogP contribution in [0.3, 0.4) is 0 Å². The van der Waals surface area contributed by atoms with Gasteiger partial charge in [-0.15, -0.1) is 0 Å². The average molecular weight is 281 g/mol. The number of aliphatic hydroxyl groups is 1. The molecular formula is C15H20FNO3. The molecule has 1 fully saturated rings. The van der Waals surface area contributed by atoms with Crippen LogP contribution in [0.5, 0.6) is 5.75 Å². The van der Waals surface area contributed by atoms with E-state index in [4.69, 9.17) is 4.74 Å². The lowest BCUT2D eigenvalue weighted by Gasteiger charge is -2.33. The fraction of sp³-hybridized carbons (Fsp3) is 0.533. The topological polar surface area (TPSA) is 49.8 Å². The van der Waals surface area contributed by atoms with Crippen molar-refractivity contribution in [3.63, 3.8) is 0 Å². The third kappa shape index (κ3) is 3.70. The highest BCUT2D eigenvalue weighted by molar-refractivity contribution is 5.81. The van der Waals surface area contributed by atoms with Crippen LogP contribution in [0.1, 0.15) is 19.8 Å². The van der Waals surface area contributed by atoms with Crippen molar-refractivity contribution in [2.45, 2.75) is 25.9 Å². The first-order valence-electron chi connectivity index (χ1n) is 6.92. The molecule has 0 aromatic heterocycles. The Morgan fingerprint density at radius 3 is 3.10 bits per heavy atom. The van der Waals surface area contributed by atoms with Crippen molar-refractivity contribution in [3.8, 4) is 5.75 Å². The van der Waals surface area contributed by atoms with E-state index >= 15 is 0 Å². The van der Waals surface area contributed by atoms with Gasteiger partial charge in [-0.1, -0.05) is 6.07 Å². The monoisotopic (exact) mass is 281 g/mol. The normalized spacial score (nSPS) is 20.6. The summed E-state index contributed by atoms with van der Waals surface area (Å²) in [7, 11) is 0. The van der Waals surface area contributed by atoms with Gasteiger partial charge in [-0.25, -0.2) is 4.39 Å². The number of likely N-dealkylation sites (tertiary alicyclic amines) is 1. The Morgan fingerprint density at radius 2 is 2.40 bits per heavy atom. The van der Waals surface area contributed by atoms with E-state index in [-0.39, 0.29) is 24.2 Å². The van der Waals surface area contributed by atoms with Gasteiger partial charge in [0, 0.05) is 25.8 Å². The highest BCUT2D eigenvalue weighted by atomic mass is 19.1. The summed E-state index contributed by atoms with van der Waals surface area (Å²) < 4.78 is 18.6. The van der Waals surface area contributed by atoms with Gasteiger partial charge in [0.1, 0.15) is 11.6 Å². The molecule has 1 aromatic rings. The van der Waals surface area contributed by atoms with Gasteiger partial charge >= 0.3 is 0 Å². The second kappa shape index (κ2) is 6.70. The van der Waals surface area contributed by atoms with Crippen molar-refractivity contribution in [3.05, 3.63) is 30.1 Å². The number of nitrogens with zero attached hydrogens (tertiary/aromatic N) is 1. The third-order valence-corrected chi connectivity index (χ3v) is 3.55. The summed E-state index contributed by atoms with van der Waals surface area (Å²) in [4.78, 5) is 14.0. The van der Waals surface area contributed by atoms with E-state index in [0.717, 1.165) is 12.8 Å². The Bertz CT molecular complexity index is 466. The summed E-state index contributed by atoms with van der Waals surface area (Å²) in [6, 6.07) is 5.76. The molecule has 1 heterocycles. The van der Waals surface area contributed by atoms with E-state index in [1.54, 1.807) is 24.0 Å². The third-order valence-electron chi connectivity index (χ3n) is 3.55. The van der Waals surface area contributed by atoms with Crippen LogP contribution < -0.4 is 4.74 Å². The van der Waals surface area contributed by atoms with Crippen LogP contribution in [0.2, 0.25) is 0 Å². The number of aliphatic hydroxyl groups excluding tert-OH is 1. The molecule has 0 aliphatic carbocycles. The number of piperidine rings is 1. The molecule has 0 radical (unpaired) electrons. The summed E-state index contributed by atoms with van der Waals surface area (Å²) in [5, 5.41) is 9.18. The molecule has 4 nitrogen and oxygen atoms in total. The molecule has 1 amide bonds. The quantitative estimate of drug-likeness (QED) is 0.916. The molecule has 1 N–H and O–H groups in total. The number of carbonyl (C=O) groups is 1. The van der Waals surface area contributed by atoms with Crippen molar-refractivity contribution in [2.24, 2.45) is 5.92 Å². The Hall–Kier alpha value is -1.62. The number of benzene rings is 1. The Kier molecular flexibility index (Phi) is 4.95. The zero-order valence-corrected chi connectivity index (χ0v) is 11.6. The Balaban J connectivity index is 1.94. The molecule has 20 heavy (non-hydrogen) atoms. The maximum Gasteiger partial charge on any atom is 0.263 e. The van der Waals surface area contributed by atoms with Gasteiger partial charge in [0.2, 0.25) is 0 Å². The van der Waals surface area contributed by atoms with Crippen molar-refractivity contribution >= 4 is 5.91 Å². The minimum absolute atomic E-state index is 0.100. The molecule has 0 bridgehead atoms. The second-order valence-electron chi connectivity index (χ2n) is 5.19. The molecule has 2 rings (SSSR count). The van der Waals surface area contributed by atoms with Crippen LogP contribution in [0, 0.1) is 11.7 Å². The number of carbonyl (C=O) groups excluding carboxylic acids is 1. The smallest absolute Gasteiger partial charge is 0.263 e. The van der Waals surface area contributed by atoms with Crippen LogP contribution in [-0.2, 0) is 4.79 Å². The first-order valence-corrected chi connectivity index (χ1v) is 6.92. The maximum absolute atomic E-state index is 13.1. The predicted molar refractivity (Wildman–Crippen MR) is 72.9 cm³/mol. The predicted octanol–water partition coefficient (Wildman–Crippen LogP) is 1.82. The average Bonchev–Trinajstić information content (AvgIpc) is 2.46. The van der Waals surface area contributed by atoms with Crippen LogP contribution in [0.15, 0.2) is 24.3 Å². The van der Waals surface area contributed by atoms with Crippen molar-refractivity contribution in [2.75, 3.05) is 19.7 Å². The van der Waals surface area contributed by atoms with Gasteiger partial charge in [-0.05, 0) is 37.8 Å². The molecule has 0 saturated carbocycles. The first-order chi connectivity index (χ1) is 9.60. The molecule has 110 valence electrons. The number of hydrogen-bond donors (Lipinski definition) is 1. The fourth-order valence-corrected chi connectivity index (χ4v) is 2.47. The van der Waals surface area contributed by atoms with E-state index < -0.39 is 6.10 Å². The molecule has 5 heteroatoms. The highest BCUT2D eigenvalue weighted by Crippen LogP contribution is 2.19. The van der Waals surface area contributed by atoms with Crippen LogP contribution in [0.25, 0.3) is 0 Å². The number of hydrogen-bond acceptors (Lipinski definition) is 3. The second-order valence-corrected chi connectivity index (χ2v) is 5.19. The Morgan fingerprint density at radius 1 is 1.60 bits per heavy atom. The molecule has 1 aromatic carbocycles. The fourth-order valence-electron chi connectivity index (χ4n) is 2.47. The van der Waals surface area contributed by atoms with Gasteiger partial charge in [0.25, 0.3) is 5.91 Å². The van der Waals surface area contributed by atoms with Crippen molar-refractivity contribution < 1.29 is 19.0 Å². The van der Waals surface area contributed by atoms with Crippen molar-refractivity contribution in [1.29, 1.82) is 0 Å². The number of amides is 1. The number of rotatable bonds is 4. The lowest BCUT2D eigenvalue weighted by Crippen LogP contribution is -2.46. The summed E-state index contributed by atoms with van der Waals surface area (Å²) in [5.41, 5.74) is 0. The van der Waals surface area contributed by atoms with Gasteiger partial charge in [-0.3, -0.25) is 4.79 Å². The van der Waals surface area contributed by atoms with Crippen LogP contribution >= 0.6 is 0 Å². The van der Waals surface area contributed by atoms with Gasteiger partial charge in [-0.2, -0.15) is 0 Å². The molecular weight excluding hydrogens is 261 g/mol. The van der Waals surface area contributed by atoms with E-state index in [0.29, 0.717) is 18.8 Å². The molecule has 1 aliphatic rings. The molecule has 2 unspecified atom stereocenters. The van der Waals surface area contributed by atoms with E-state index in [1.807, 2.05) is 0 Å². The largest absolute Gasteiger partial charge is 0.481 e. The SMILES string of the molecule is CC(Oc1cccc(F)c1)C(=O)N1CCCC(CO)C1. The van der Waals surface area contributed by atoms with E-state index in [2.05, 4.69) is 0 Å². The summed E-state index contributed by atoms with van der Waals surface area (Å²) in [6.45, 7) is 3.01. The number of halogens is 1. The number of ether oxygens (including phenoxy) is 1. The Labute approximate surface area is 118 Å². The zero-order valence-electron chi connectivity index (χ0n) is 11.6. The molecule has 2 atom stereocenters. The summed E-state index contributed by atoms with van der Waals surface area (Å²) in [5.74, 6) is -0.0106. The summed E-state index contributed by atoms with van der Waals surface area (Å²) in [6.07, 6.45) is 1.18. The lowest BCUT2D eigenvalue weighted by molar-refractivity contribution is -0.140. The molecule has 1 aliphatic heterocycles. The standard InChI is InChI=1S/C15H20FNO3/c1-11(20-14-6-2-5-13(16)8-14)15(19)17-7-3-4-12(9-17)10-18/h2,5-6,8,11-12,18H,3-4,7,9-10H2,1H3. The lowest BCUT2D eigenvalue weighted by atomic mass is 9.99. The van der Waals surface area contributed by atoms with Crippen molar-refractivity contribution in [1.82, 2.24) is 4.90 Å². The van der Waals surface area contributed by atoms with Gasteiger partial charge in [0.15, 0.2) is 6.10 Å². The maximum atomic E-state index is 13.1. The van der Waals surface area contributed by atoms with Crippen LogP contribution in [-0.4, -0.2) is 41.7 Å². The molecule has 0 spiro atoms. The summed E-state index contributed by atoms with van der Waals surface area (Å²) >= 11 is 0.